The molecule has 25 heavy (non-hydrogen) atoms. The van der Waals surface area contributed by atoms with Gasteiger partial charge in [-0.25, -0.2) is 0 Å². The predicted molar refractivity (Wildman–Crippen MR) is 105 cm³/mol. The molecule has 0 radical (unpaired) electrons. The standard InChI is InChI=1S/C21H41NO3/c1-2-3-4-5-6-7-8-9-10-11-12-13-14-15-16-17-18-21(25,19-23)20(22)24/h17-18,23,25H,2-16,19H2,1H3,(H2,22,24)/b18-17+. The van der Waals surface area contributed by atoms with Gasteiger partial charge >= 0.3 is 0 Å². The minimum atomic E-state index is -1.91. The summed E-state index contributed by atoms with van der Waals surface area (Å²) in [4.78, 5) is 11.0. The number of primary amides is 1. The number of allylic oxidation sites excluding steroid dienone is 1. The SMILES string of the molecule is CCCCCCCCCCCCCCCC/C=C/C(O)(CO)C(N)=O. The van der Waals surface area contributed by atoms with Crippen LogP contribution >= 0.6 is 0 Å². The molecule has 4 nitrogen and oxygen atoms in total. The van der Waals surface area contributed by atoms with E-state index in [1.165, 1.54) is 83.1 Å². The van der Waals surface area contributed by atoms with Gasteiger partial charge in [0, 0.05) is 0 Å². The maximum absolute atomic E-state index is 11.0. The first-order valence-corrected chi connectivity index (χ1v) is 10.4. The van der Waals surface area contributed by atoms with Crippen molar-refractivity contribution in [3.63, 3.8) is 0 Å². The van der Waals surface area contributed by atoms with Crippen LogP contribution < -0.4 is 5.73 Å². The third kappa shape index (κ3) is 14.0. The number of nitrogens with two attached hydrogens (primary N) is 1. The zero-order valence-electron chi connectivity index (χ0n) is 16.3. The molecular formula is C21H41NO3. The fourth-order valence-corrected chi connectivity index (χ4v) is 2.95. The Morgan fingerprint density at radius 3 is 1.60 bits per heavy atom. The lowest BCUT2D eigenvalue weighted by molar-refractivity contribution is -0.134. The predicted octanol–water partition coefficient (Wildman–Crippen LogP) is 4.62. The molecule has 0 spiro atoms. The summed E-state index contributed by atoms with van der Waals surface area (Å²) in [5, 5.41) is 18.7. The topological polar surface area (TPSA) is 83.6 Å². The molecule has 0 aromatic heterocycles. The molecule has 1 atom stereocenters. The Kier molecular flexibility index (Phi) is 16.0. The third-order valence-corrected chi connectivity index (χ3v) is 4.79. The van der Waals surface area contributed by atoms with Crippen LogP contribution in [0.25, 0.3) is 0 Å². The van der Waals surface area contributed by atoms with Gasteiger partial charge < -0.3 is 15.9 Å². The number of unbranched alkanes of at least 4 members (excludes halogenated alkanes) is 14. The number of hydrogen-bond donors (Lipinski definition) is 3. The van der Waals surface area contributed by atoms with Crippen LogP contribution in [0, 0.1) is 0 Å². The second-order valence-corrected chi connectivity index (χ2v) is 7.23. The summed E-state index contributed by atoms with van der Waals surface area (Å²) < 4.78 is 0. The minimum absolute atomic E-state index is 0.669. The Balaban J connectivity index is 3.33. The van der Waals surface area contributed by atoms with E-state index in [1.807, 2.05) is 0 Å². The molecule has 0 rings (SSSR count). The van der Waals surface area contributed by atoms with Crippen LogP contribution in [0.2, 0.25) is 0 Å². The molecule has 1 unspecified atom stereocenters. The van der Waals surface area contributed by atoms with Crippen LogP contribution in [0.15, 0.2) is 12.2 Å². The van der Waals surface area contributed by atoms with E-state index in [2.05, 4.69) is 6.92 Å². The third-order valence-electron chi connectivity index (χ3n) is 4.79. The first-order chi connectivity index (χ1) is 12.1. The molecule has 1 amide bonds. The maximum Gasteiger partial charge on any atom is 0.255 e. The van der Waals surface area contributed by atoms with E-state index < -0.39 is 18.1 Å². The first-order valence-electron chi connectivity index (χ1n) is 10.4. The van der Waals surface area contributed by atoms with Gasteiger partial charge in [-0.15, -0.1) is 0 Å². The number of carbonyl (C=O) groups excluding carboxylic acids is 1. The Hall–Kier alpha value is -0.870. The van der Waals surface area contributed by atoms with Crippen molar-refractivity contribution >= 4 is 5.91 Å². The number of aliphatic hydroxyl groups excluding tert-OH is 1. The maximum atomic E-state index is 11.0. The molecular weight excluding hydrogens is 314 g/mol. The van der Waals surface area contributed by atoms with Crippen molar-refractivity contribution in [1.82, 2.24) is 0 Å². The van der Waals surface area contributed by atoms with Crippen molar-refractivity contribution in [3.05, 3.63) is 12.2 Å². The molecule has 0 aromatic carbocycles. The molecule has 148 valence electrons. The van der Waals surface area contributed by atoms with Gasteiger partial charge in [0.1, 0.15) is 0 Å². The molecule has 4 heteroatoms. The van der Waals surface area contributed by atoms with Gasteiger partial charge in [-0.2, -0.15) is 0 Å². The van der Waals surface area contributed by atoms with Crippen LogP contribution in [0.3, 0.4) is 0 Å². The van der Waals surface area contributed by atoms with E-state index in [0.29, 0.717) is 0 Å². The lowest BCUT2D eigenvalue weighted by Gasteiger charge is -2.16. The van der Waals surface area contributed by atoms with Gasteiger partial charge in [0.2, 0.25) is 0 Å². The van der Waals surface area contributed by atoms with Crippen LogP contribution in [0.5, 0.6) is 0 Å². The van der Waals surface area contributed by atoms with Gasteiger partial charge in [-0.05, 0) is 18.9 Å². The van der Waals surface area contributed by atoms with E-state index in [9.17, 15) is 9.90 Å². The van der Waals surface area contributed by atoms with Crippen LogP contribution in [-0.2, 0) is 4.79 Å². The number of aliphatic hydroxyl groups is 2. The second kappa shape index (κ2) is 16.6. The highest BCUT2D eigenvalue weighted by Gasteiger charge is 2.29. The van der Waals surface area contributed by atoms with Crippen molar-refractivity contribution < 1.29 is 15.0 Å². The van der Waals surface area contributed by atoms with E-state index in [1.54, 1.807) is 6.08 Å². The van der Waals surface area contributed by atoms with Gasteiger partial charge in [0.25, 0.3) is 5.91 Å². The first kappa shape index (κ1) is 24.1. The highest BCUT2D eigenvalue weighted by atomic mass is 16.3. The second-order valence-electron chi connectivity index (χ2n) is 7.23. The lowest BCUT2D eigenvalue weighted by atomic mass is 10.0. The molecule has 0 saturated heterocycles. The molecule has 0 aliphatic carbocycles. The molecule has 0 fully saturated rings. The van der Waals surface area contributed by atoms with Gasteiger partial charge in [-0.1, -0.05) is 96.5 Å². The van der Waals surface area contributed by atoms with Gasteiger partial charge in [-0.3, -0.25) is 4.79 Å². The van der Waals surface area contributed by atoms with Gasteiger partial charge in [0.15, 0.2) is 5.60 Å². The quantitative estimate of drug-likeness (QED) is 0.248. The summed E-state index contributed by atoms with van der Waals surface area (Å²) >= 11 is 0. The van der Waals surface area contributed by atoms with Crippen LogP contribution in [0.1, 0.15) is 103 Å². The summed E-state index contributed by atoms with van der Waals surface area (Å²) in [5.41, 5.74) is 3.14. The van der Waals surface area contributed by atoms with E-state index in [4.69, 9.17) is 10.8 Å². The highest BCUT2D eigenvalue weighted by molar-refractivity contribution is 5.85. The summed E-state index contributed by atoms with van der Waals surface area (Å²) in [7, 11) is 0. The molecule has 0 saturated carbocycles. The smallest absolute Gasteiger partial charge is 0.255 e. The monoisotopic (exact) mass is 355 g/mol. The van der Waals surface area contributed by atoms with E-state index in [0.717, 1.165) is 19.3 Å². The fourth-order valence-electron chi connectivity index (χ4n) is 2.95. The highest BCUT2D eigenvalue weighted by Crippen LogP contribution is 2.14. The summed E-state index contributed by atoms with van der Waals surface area (Å²) in [6.45, 7) is 1.59. The molecule has 0 heterocycles. The van der Waals surface area contributed by atoms with Crippen molar-refractivity contribution in [3.8, 4) is 0 Å². The minimum Gasteiger partial charge on any atom is -0.392 e. The number of amides is 1. The Morgan fingerprint density at radius 1 is 0.840 bits per heavy atom. The summed E-state index contributed by atoms with van der Waals surface area (Å²) in [6.07, 6.45) is 22.4. The normalized spacial score (nSPS) is 14.0. The molecule has 0 aliphatic rings. The van der Waals surface area contributed by atoms with Crippen molar-refractivity contribution in [2.75, 3.05) is 6.61 Å². The average Bonchev–Trinajstić information content (AvgIpc) is 2.61. The van der Waals surface area contributed by atoms with Crippen LogP contribution in [-0.4, -0.2) is 28.3 Å². The van der Waals surface area contributed by atoms with E-state index >= 15 is 0 Å². The lowest BCUT2D eigenvalue weighted by Crippen LogP contribution is -2.45. The van der Waals surface area contributed by atoms with Crippen molar-refractivity contribution in [1.29, 1.82) is 0 Å². The Labute approximate surface area is 154 Å². The fraction of sp³-hybridized carbons (Fsp3) is 0.857. The molecule has 0 aliphatic heterocycles. The zero-order valence-corrected chi connectivity index (χ0v) is 16.3. The van der Waals surface area contributed by atoms with Gasteiger partial charge in [0.05, 0.1) is 6.61 Å². The van der Waals surface area contributed by atoms with E-state index in [-0.39, 0.29) is 0 Å². The number of hydrogen-bond acceptors (Lipinski definition) is 3. The van der Waals surface area contributed by atoms with Crippen molar-refractivity contribution in [2.45, 2.75) is 109 Å². The molecule has 0 bridgehead atoms. The average molecular weight is 356 g/mol. The molecule has 0 aromatic rings. The summed E-state index contributed by atoms with van der Waals surface area (Å²) in [6, 6.07) is 0. The number of carbonyl (C=O) groups is 1. The largest absolute Gasteiger partial charge is 0.392 e. The molecule has 4 N–H and O–H groups in total. The zero-order chi connectivity index (χ0) is 18.8. The Morgan fingerprint density at radius 2 is 1.24 bits per heavy atom. The van der Waals surface area contributed by atoms with Crippen LogP contribution in [0.4, 0.5) is 0 Å². The number of rotatable bonds is 18. The Bertz CT molecular complexity index is 344. The summed E-state index contributed by atoms with van der Waals surface area (Å²) in [5.74, 6) is -0.910. The van der Waals surface area contributed by atoms with Crippen molar-refractivity contribution in [2.24, 2.45) is 5.73 Å².